The van der Waals surface area contributed by atoms with E-state index in [0.29, 0.717) is 0 Å². The van der Waals surface area contributed by atoms with E-state index in [0.717, 1.165) is 11.4 Å². The summed E-state index contributed by atoms with van der Waals surface area (Å²) in [4.78, 5) is 29.5. The second-order valence-electron chi connectivity index (χ2n) is 8.03. The van der Waals surface area contributed by atoms with Gasteiger partial charge < -0.3 is 9.80 Å². The van der Waals surface area contributed by atoms with E-state index < -0.39 is 16.9 Å². The van der Waals surface area contributed by atoms with Gasteiger partial charge in [-0.05, 0) is 38.3 Å². The molecule has 120 valence electrons. The molecule has 0 saturated carbocycles. The third kappa shape index (κ3) is 2.62. The van der Waals surface area contributed by atoms with Crippen LogP contribution in [0.1, 0.15) is 41.5 Å². The molecule has 2 amide bonds. The Balaban J connectivity index is 2.74. The fourth-order valence-electron chi connectivity index (χ4n) is 3.04. The molecule has 0 spiro atoms. The van der Waals surface area contributed by atoms with Gasteiger partial charge in [-0.1, -0.05) is 32.9 Å². The monoisotopic (exact) mass is 302 g/mol. The van der Waals surface area contributed by atoms with Crippen molar-refractivity contribution in [3.8, 4) is 0 Å². The normalized spacial score (nSPS) is 20.0. The Hall–Kier alpha value is -1.84. The number of benzene rings is 1. The van der Waals surface area contributed by atoms with E-state index in [1.54, 1.807) is 16.8 Å². The van der Waals surface area contributed by atoms with Crippen molar-refractivity contribution >= 4 is 23.2 Å². The van der Waals surface area contributed by atoms with Gasteiger partial charge in [-0.15, -0.1) is 0 Å². The summed E-state index contributed by atoms with van der Waals surface area (Å²) in [5.74, 6) is -0.956. The summed E-state index contributed by atoms with van der Waals surface area (Å²) in [7, 11) is 1.75. The van der Waals surface area contributed by atoms with Crippen molar-refractivity contribution in [2.75, 3.05) is 16.8 Å². The SMILES string of the molecule is CN1C(=O)C(C(C)(C)C)C(=O)N(C(C)(C)C)c2ccccc21. The molecule has 0 N–H and O–H groups in total. The summed E-state index contributed by atoms with van der Waals surface area (Å²) < 4.78 is 0. The second-order valence-corrected chi connectivity index (χ2v) is 8.03. The highest BCUT2D eigenvalue weighted by Gasteiger charge is 2.47. The third-order valence-corrected chi connectivity index (χ3v) is 4.07. The van der Waals surface area contributed by atoms with Gasteiger partial charge in [0, 0.05) is 12.6 Å². The van der Waals surface area contributed by atoms with Gasteiger partial charge in [0.15, 0.2) is 0 Å². The number of hydrogen-bond acceptors (Lipinski definition) is 2. The standard InChI is InChI=1S/C18H26N2O2/c1-17(2,3)14-15(21)19(7)12-10-8-9-11-13(12)20(16(14)22)18(4,5)6/h8-11,14H,1-7H3. The van der Waals surface area contributed by atoms with Crippen LogP contribution in [0.25, 0.3) is 0 Å². The Morgan fingerprint density at radius 1 is 0.864 bits per heavy atom. The van der Waals surface area contributed by atoms with Gasteiger partial charge in [0.1, 0.15) is 5.92 Å². The van der Waals surface area contributed by atoms with Crippen molar-refractivity contribution in [1.29, 1.82) is 0 Å². The average molecular weight is 302 g/mol. The fourth-order valence-corrected chi connectivity index (χ4v) is 3.04. The second kappa shape index (κ2) is 5.11. The van der Waals surface area contributed by atoms with E-state index >= 15 is 0 Å². The first kappa shape index (κ1) is 16.5. The molecule has 4 heteroatoms. The average Bonchev–Trinajstić information content (AvgIpc) is 2.43. The zero-order valence-electron chi connectivity index (χ0n) is 14.6. The minimum atomic E-state index is -0.691. The molecule has 1 aliphatic heterocycles. The van der Waals surface area contributed by atoms with Crippen LogP contribution >= 0.6 is 0 Å². The Morgan fingerprint density at radius 2 is 1.36 bits per heavy atom. The fraction of sp³-hybridized carbons (Fsp3) is 0.556. The van der Waals surface area contributed by atoms with Gasteiger partial charge in [0.2, 0.25) is 11.8 Å². The lowest BCUT2D eigenvalue weighted by molar-refractivity contribution is -0.136. The largest absolute Gasteiger partial charge is 0.313 e. The number of carbonyl (C=O) groups is 2. The van der Waals surface area contributed by atoms with Crippen molar-refractivity contribution in [3.05, 3.63) is 24.3 Å². The number of rotatable bonds is 0. The van der Waals surface area contributed by atoms with Crippen LogP contribution < -0.4 is 9.80 Å². The summed E-state index contributed by atoms with van der Waals surface area (Å²) in [5, 5.41) is 0. The van der Waals surface area contributed by atoms with Gasteiger partial charge in [-0.3, -0.25) is 9.59 Å². The van der Waals surface area contributed by atoms with Crippen LogP contribution in [-0.2, 0) is 9.59 Å². The molecule has 0 aliphatic carbocycles. The lowest BCUT2D eigenvalue weighted by Crippen LogP contribution is -2.52. The molecule has 1 unspecified atom stereocenters. The maximum atomic E-state index is 13.2. The van der Waals surface area contributed by atoms with E-state index in [9.17, 15) is 9.59 Å². The van der Waals surface area contributed by atoms with Crippen LogP contribution in [0.15, 0.2) is 24.3 Å². The molecule has 2 rings (SSSR count). The van der Waals surface area contributed by atoms with E-state index in [4.69, 9.17) is 0 Å². The van der Waals surface area contributed by atoms with Crippen LogP contribution in [0.3, 0.4) is 0 Å². The Kier molecular flexibility index (Phi) is 3.84. The molecular formula is C18H26N2O2. The molecule has 0 aromatic heterocycles. The van der Waals surface area contributed by atoms with Crippen molar-refractivity contribution in [3.63, 3.8) is 0 Å². The highest BCUT2D eigenvalue weighted by molar-refractivity contribution is 6.18. The first-order valence-electron chi connectivity index (χ1n) is 7.67. The summed E-state index contributed by atoms with van der Waals surface area (Å²) in [6, 6.07) is 7.60. The van der Waals surface area contributed by atoms with E-state index in [1.165, 1.54) is 0 Å². The maximum absolute atomic E-state index is 13.2. The predicted octanol–water partition coefficient (Wildman–Crippen LogP) is 3.46. The van der Waals surface area contributed by atoms with E-state index in [-0.39, 0.29) is 11.8 Å². The number of amides is 2. The highest BCUT2D eigenvalue weighted by Crippen LogP contribution is 2.41. The molecular weight excluding hydrogens is 276 g/mol. The van der Waals surface area contributed by atoms with Crippen LogP contribution in [0, 0.1) is 11.3 Å². The van der Waals surface area contributed by atoms with Crippen molar-refractivity contribution in [2.24, 2.45) is 11.3 Å². The third-order valence-electron chi connectivity index (χ3n) is 4.07. The molecule has 0 radical (unpaired) electrons. The molecule has 1 aromatic carbocycles. The van der Waals surface area contributed by atoms with Gasteiger partial charge in [-0.25, -0.2) is 0 Å². The zero-order valence-corrected chi connectivity index (χ0v) is 14.6. The number of fused-ring (bicyclic) bond motifs is 1. The Morgan fingerprint density at radius 3 is 1.82 bits per heavy atom. The van der Waals surface area contributed by atoms with Crippen LogP contribution in [0.2, 0.25) is 0 Å². The number of hydrogen-bond donors (Lipinski definition) is 0. The molecule has 1 atom stereocenters. The van der Waals surface area contributed by atoms with Gasteiger partial charge >= 0.3 is 0 Å². The first-order valence-corrected chi connectivity index (χ1v) is 7.67. The summed E-state index contributed by atoms with van der Waals surface area (Å²) in [6.45, 7) is 11.8. The number of anilines is 2. The molecule has 1 heterocycles. The van der Waals surface area contributed by atoms with Crippen molar-refractivity contribution in [1.82, 2.24) is 0 Å². The smallest absolute Gasteiger partial charge is 0.240 e. The first-order chi connectivity index (χ1) is 9.96. The number of para-hydroxylation sites is 2. The molecule has 0 fully saturated rings. The quantitative estimate of drug-likeness (QED) is 0.689. The topological polar surface area (TPSA) is 40.6 Å². The zero-order chi connectivity index (χ0) is 16.9. The lowest BCUT2D eigenvalue weighted by atomic mass is 9.78. The van der Waals surface area contributed by atoms with E-state index in [2.05, 4.69) is 0 Å². The molecule has 1 aliphatic rings. The molecule has 0 saturated heterocycles. The highest BCUT2D eigenvalue weighted by atomic mass is 16.2. The number of carbonyl (C=O) groups excluding carboxylic acids is 2. The van der Waals surface area contributed by atoms with Crippen LogP contribution in [0.4, 0.5) is 11.4 Å². The summed E-state index contributed by atoms with van der Waals surface area (Å²) in [6.07, 6.45) is 0. The predicted molar refractivity (Wildman–Crippen MR) is 90.0 cm³/mol. The van der Waals surface area contributed by atoms with Gasteiger partial charge in [0.05, 0.1) is 11.4 Å². The molecule has 4 nitrogen and oxygen atoms in total. The summed E-state index contributed by atoms with van der Waals surface area (Å²) >= 11 is 0. The lowest BCUT2D eigenvalue weighted by Gasteiger charge is -2.38. The minimum Gasteiger partial charge on any atom is -0.313 e. The van der Waals surface area contributed by atoms with Crippen LogP contribution in [-0.4, -0.2) is 24.4 Å². The summed E-state index contributed by atoms with van der Waals surface area (Å²) in [5.41, 5.74) is 0.737. The molecule has 22 heavy (non-hydrogen) atoms. The molecule has 0 bridgehead atoms. The van der Waals surface area contributed by atoms with E-state index in [1.807, 2.05) is 65.8 Å². The van der Waals surface area contributed by atoms with Gasteiger partial charge in [0.25, 0.3) is 0 Å². The number of nitrogens with zero attached hydrogens (tertiary/aromatic N) is 2. The van der Waals surface area contributed by atoms with Crippen molar-refractivity contribution < 1.29 is 9.59 Å². The van der Waals surface area contributed by atoms with Crippen molar-refractivity contribution in [2.45, 2.75) is 47.1 Å². The Labute approximate surface area is 133 Å². The minimum absolute atomic E-state index is 0.123. The Bertz CT molecular complexity index is 608. The van der Waals surface area contributed by atoms with Gasteiger partial charge in [-0.2, -0.15) is 0 Å². The maximum Gasteiger partial charge on any atom is 0.240 e. The molecule has 1 aromatic rings. The van der Waals surface area contributed by atoms with Crippen LogP contribution in [0.5, 0.6) is 0 Å².